The Balaban J connectivity index is 1.85. The van der Waals surface area contributed by atoms with Crippen molar-refractivity contribution in [3.63, 3.8) is 0 Å². The van der Waals surface area contributed by atoms with Crippen molar-refractivity contribution in [2.24, 2.45) is 0 Å². The van der Waals surface area contributed by atoms with Crippen molar-refractivity contribution >= 4 is 17.7 Å². The van der Waals surface area contributed by atoms with Gasteiger partial charge in [0.1, 0.15) is 11.6 Å². The summed E-state index contributed by atoms with van der Waals surface area (Å²) < 4.78 is 18.5. The summed E-state index contributed by atoms with van der Waals surface area (Å²) in [5.74, 6) is 1.05. The van der Waals surface area contributed by atoms with E-state index < -0.39 is 0 Å². The minimum absolute atomic E-state index is 0.149. The number of halogens is 1. The standard InChI is InChI=1S/C15H14FNO2S/c1-9-11(4-6-19-9)15(18)17-13-5-7-20-14-3-2-10(16)8-12(13)14/h2-4,6,8,13H,5,7H2,1H3,(H,17,18)/t13-/m0/s1. The SMILES string of the molecule is Cc1occc1C(=O)N[C@H]1CCSc2ccc(F)cc21. The Bertz CT molecular complexity index is 653. The Labute approximate surface area is 120 Å². The van der Waals surface area contributed by atoms with Gasteiger partial charge in [-0.15, -0.1) is 11.8 Å². The summed E-state index contributed by atoms with van der Waals surface area (Å²) in [5.41, 5.74) is 1.39. The molecule has 2 aromatic rings. The quantitative estimate of drug-likeness (QED) is 0.917. The molecule has 3 nitrogen and oxygen atoms in total. The summed E-state index contributed by atoms with van der Waals surface area (Å²) in [6.45, 7) is 1.75. The number of carbonyl (C=O) groups is 1. The first kappa shape index (κ1) is 13.2. The normalized spacial score (nSPS) is 17.6. The highest BCUT2D eigenvalue weighted by Gasteiger charge is 2.24. The van der Waals surface area contributed by atoms with Crippen molar-refractivity contribution in [3.05, 3.63) is 53.2 Å². The second-order valence-corrected chi connectivity index (χ2v) is 5.87. The van der Waals surface area contributed by atoms with Crippen LogP contribution in [0, 0.1) is 12.7 Å². The lowest BCUT2D eigenvalue weighted by Gasteiger charge is -2.25. The van der Waals surface area contributed by atoms with Crippen LogP contribution in [0.1, 0.15) is 34.1 Å². The summed E-state index contributed by atoms with van der Waals surface area (Å²) in [5, 5.41) is 2.97. The van der Waals surface area contributed by atoms with E-state index >= 15 is 0 Å². The first-order valence-electron chi connectivity index (χ1n) is 6.42. The van der Waals surface area contributed by atoms with Crippen LogP contribution in [-0.2, 0) is 0 Å². The largest absolute Gasteiger partial charge is 0.469 e. The van der Waals surface area contributed by atoms with E-state index in [0.29, 0.717) is 11.3 Å². The molecule has 2 heterocycles. The number of thioether (sulfide) groups is 1. The fourth-order valence-corrected chi connectivity index (χ4v) is 3.48. The van der Waals surface area contributed by atoms with Crippen LogP contribution in [0.5, 0.6) is 0 Å². The molecule has 5 heteroatoms. The fraction of sp³-hybridized carbons (Fsp3) is 0.267. The number of fused-ring (bicyclic) bond motifs is 1. The van der Waals surface area contributed by atoms with Gasteiger partial charge in [-0.05, 0) is 43.2 Å². The van der Waals surface area contributed by atoms with Crippen LogP contribution in [0.2, 0.25) is 0 Å². The molecule has 0 saturated heterocycles. The van der Waals surface area contributed by atoms with Gasteiger partial charge in [0, 0.05) is 10.6 Å². The average molecular weight is 291 g/mol. The smallest absolute Gasteiger partial charge is 0.255 e. The van der Waals surface area contributed by atoms with Crippen LogP contribution >= 0.6 is 11.8 Å². The number of rotatable bonds is 2. The second kappa shape index (κ2) is 5.32. The van der Waals surface area contributed by atoms with Crippen molar-refractivity contribution in [2.45, 2.75) is 24.3 Å². The fourth-order valence-electron chi connectivity index (χ4n) is 2.37. The summed E-state index contributed by atoms with van der Waals surface area (Å²) in [7, 11) is 0. The van der Waals surface area contributed by atoms with E-state index in [2.05, 4.69) is 5.32 Å². The summed E-state index contributed by atoms with van der Waals surface area (Å²) in [6.07, 6.45) is 2.29. The predicted octanol–water partition coefficient (Wildman–Crippen LogP) is 3.69. The molecule has 20 heavy (non-hydrogen) atoms. The lowest BCUT2D eigenvalue weighted by atomic mass is 10.0. The molecule has 0 radical (unpaired) electrons. The van der Waals surface area contributed by atoms with Gasteiger partial charge in [0.2, 0.25) is 0 Å². The van der Waals surface area contributed by atoms with Gasteiger partial charge in [0.15, 0.2) is 0 Å². The van der Waals surface area contributed by atoms with Crippen LogP contribution in [0.25, 0.3) is 0 Å². The zero-order valence-electron chi connectivity index (χ0n) is 11.0. The van der Waals surface area contributed by atoms with Gasteiger partial charge < -0.3 is 9.73 Å². The maximum absolute atomic E-state index is 13.4. The maximum atomic E-state index is 13.4. The van der Waals surface area contributed by atoms with Crippen LogP contribution in [0.3, 0.4) is 0 Å². The van der Waals surface area contributed by atoms with E-state index in [1.807, 2.05) is 0 Å². The minimum atomic E-state index is -0.273. The predicted molar refractivity (Wildman–Crippen MR) is 75.4 cm³/mol. The van der Waals surface area contributed by atoms with E-state index in [0.717, 1.165) is 22.6 Å². The topological polar surface area (TPSA) is 42.2 Å². The van der Waals surface area contributed by atoms with Gasteiger partial charge in [-0.25, -0.2) is 4.39 Å². The Morgan fingerprint density at radius 2 is 2.30 bits per heavy atom. The summed E-state index contributed by atoms with van der Waals surface area (Å²) in [4.78, 5) is 13.3. The molecule has 0 spiro atoms. The number of furan rings is 1. The van der Waals surface area contributed by atoms with Gasteiger partial charge in [0.05, 0.1) is 17.9 Å². The third kappa shape index (κ3) is 2.45. The van der Waals surface area contributed by atoms with E-state index in [4.69, 9.17) is 4.42 Å². The van der Waals surface area contributed by atoms with E-state index in [-0.39, 0.29) is 17.8 Å². The number of aryl methyl sites for hydroxylation is 1. The Kier molecular flexibility index (Phi) is 3.53. The minimum Gasteiger partial charge on any atom is -0.469 e. The summed E-state index contributed by atoms with van der Waals surface area (Å²) in [6, 6.07) is 6.24. The van der Waals surface area contributed by atoms with Crippen molar-refractivity contribution < 1.29 is 13.6 Å². The molecule has 0 unspecified atom stereocenters. The van der Waals surface area contributed by atoms with Crippen molar-refractivity contribution in [1.82, 2.24) is 5.32 Å². The van der Waals surface area contributed by atoms with Gasteiger partial charge in [-0.3, -0.25) is 4.79 Å². The molecule has 0 saturated carbocycles. The molecule has 0 fully saturated rings. The summed E-state index contributed by atoms with van der Waals surface area (Å²) >= 11 is 1.69. The molecular formula is C15H14FNO2S. The van der Waals surface area contributed by atoms with Crippen molar-refractivity contribution in [3.8, 4) is 0 Å². The van der Waals surface area contributed by atoms with Gasteiger partial charge in [0.25, 0.3) is 5.91 Å². The zero-order valence-corrected chi connectivity index (χ0v) is 11.8. The van der Waals surface area contributed by atoms with E-state index in [1.165, 1.54) is 18.4 Å². The lowest BCUT2D eigenvalue weighted by Crippen LogP contribution is -2.30. The number of hydrogen-bond donors (Lipinski definition) is 1. The zero-order chi connectivity index (χ0) is 14.1. The van der Waals surface area contributed by atoms with Crippen molar-refractivity contribution in [2.75, 3.05) is 5.75 Å². The highest BCUT2D eigenvalue weighted by atomic mass is 32.2. The first-order chi connectivity index (χ1) is 9.65. The average Bonchev–Trinajstić information content (AvgIpc) is 2.86. The van der Waals surface area contributed by atoms with Crippen molar-refractivity contribution in [1.29, 1.82) is 0 Å². The van der Waals surface area contributed by atoms with Crippen LogP contribution < -0.4 is 5.32 Å². The highest BCUT2D eigenvalue weighted by Crippen LogP contribution is 2.36. The van der Waals surface area contributed by atoms with Gasteiger partial charge in [-0.1, -0.05) is 0 Å². The molecule has 1 N–H and O–H groups in total. The van der Waals surface area contributed by atoms with Crippen LogP contribution in [0.4, 0.5) is 4.39 Å². The second-order valence-electron chi connectivity index (χ2n) is 4.74. The third-order valence-electron chi connectivity index (χ3n) is 3.42. The highest BCUT2D eigenvalue weighted by molar-refractivity contribution is 7.99. The molecule has 1 aliphatic rings. The number of nitrogens with one attached hydrogen (secondary N) is 1. The first-order valence-corrected chi connectivity index (χ1v) is 7.41. The molecule has 3 rings (SSSR count). The molecule has 1 atom stereocenters. The number of carbonyl (C=O) groups excluding carboxylic acids is 1. The van der Waals surface area contributed by atoms with Gasteiger partial charge in [-0.2, -0.15) is 0 Å². The monoisotopic (exact) mass is 291 g/mol. The lowest BCUT2D eigenvalue weighted by molar-refractivity contribution is 0.0933. The Morgan fingerprint density at radius 3 is 3.05 bits per heavy atom. The molecule has 0 bridgehead atoms. The molecule has 0 aliphatic carbocycles. The molecule has 1 aromatic heterocycles. The van der Waals surface area contributed by atoms with E-state index in [9.17, 15) is 9.18 Å². The molecule has 104 valence electrons. The Morgan fingerprint density at radius 1 is 1.45 bits per heavy atom. The number of hydrogen-bond acceptors (Lipinski definition) is 3. The maximum Gasteiger partial charge on any atom is 0.255 e. The molecule has 1 aromatic carbocycles. The van der Waals surface area contributed by atoms with Crippen LogP contribution in [-0.4, -0.2) is 11.7 Å². The number of amides is 1. The van der Waals surface area contributed by atoms with E-state index in [1.54, 1.807) is 30.8 Å². The van der Waals surface area contributed by atoms with Gasteiger partial charge >= 0.3 is 0 Å². The Hall–Kier alpha value is -1.75. The third-order valence-corrected chi connectivity index (χ3v) is 4.54. The number of benzene rings is 1. The molecule has 1 amide bonds. The van der Waals surface area contributed by atoms with Crippen LogP contribution in [0.15, 0.2) is 39.8 Å². The molecule has 1 aliphatic heterocycles. The molecular weight excluding hydrogens is 277 g/mol.